The quantitative estimate of drug-likeness (QED) is 0.858. The van der Waals surface area contributed by atoms with E-state index in [1.165, 1.54) is 11.3 Å². The molecule has 2 aromatic heterocycles. The largest absolute Gasteiger partial charge is 0.462 e. The van der Waals surface area contributed by atoms with Gasteiger partial charge >= 0.3 is 5.97 Å². The van der Waals surface area contributed by atoms with Crippen molar-refractivity contribution in [1.82, 2.24) is 4.98 Å². The second-order valence-corrected chi connectivity index (χ2v) is 5.96. The monoisotopic (exact) mass is 316 g/mol. The molecule has 1 fully saturated rings. The number of pyridine rings is 1. The number of nitrogens with one attached hydrogen (secondary N) is 1. The van der Waals surface area contributed by atoms with E-state index in [4.69, 9.17) is 4.74 Å². The minimum absolute atomic E-state index is 0.253. The first-order chi connectivity index (χ1) is 10.7. The van der Waals surface area contributed by atoms with E-state index in [1.54, 1.807) is 31.5 Å². The van der Waals surface area contributed by atoms with Gasteiger partial charge in [0.05, 0.1) is 12.2 Å². The van der Waals surface area contributed by atoms with E-state index >= 15 is 0 Å². The van der Waals surface area contributed by atoms with Gasteiger partial charge in [0.15, 0.2) is 0 Å². The number of ether oxygens (including phenoxy) is 1. The Kier molecular flexibility index (Phi) is 4.20. The number of rotatable bonds is 5. The first-order valence-corrected chi connectivity index (χ1v) is 8.08. The molecular formula is C16H16N2O3S. The lowest BCUT2D eigenvalue weighted by Crippen LogP contribution is -2.15. The fraction of sp³-hybridized carbons (Fsp3) is 0.312. The Morgan fingerprint density at radius 3 is 2.73 bits per heavy atom. The van der Waals surface area contributed by atoms with Crippen molar-refractivity contribution in [1.29, 1.82) is 0 Å². The second kappa shape index (κ2) is 6.27. The van der Waals surface area contributed by atoms with Gasteiger partial charge in [-0.25, -0.2) is 4.79 Å². The Balaban J connectivity index is 1.87. The first kappa shape index (κ1) is 14.7. The van der Waals surface area contributed by atoms with Crippen LogP contribution in [0.2, 0.25) is 0 Å². The number of hydrogen-bond acceptors (Lipinski definition) is 5. The summed E-state index contributed by atoms with van der Waals surface area (Å²) in [6.07, 6.45) is 5.29. The van der Waals surface area contributed by atoms with Crippen LogP contribution in [0.15, 0.2) is 29.9 Å². The van der Waals surface area contributed by atoms with Crippen molar-refractivity contribution in [2.45, 2.75) is 25.7 Å². The van der Waals surface area contributed by atoms with E-state index in [-0.39, 0.29) is 11.9 Å². The molecule has 1 aliphatic rings. The Morgan fingerprint density at radius 2 is 2.09 bits per heavy atom. The van der Waals surface area contributed by atoms with Crippen LogP contribution in [-0.2, 0) is 4.74 Å². The third-order valence-corrected chi connectivity index (χ3v) is 4.40. The molecule has 0 aliphatic heterocycles. The van der Waals surface area contributed by atoms with E-state index in [0.29, 0.717) is 28.7 Å². The van der Waals surface area contributed by atoms with Gasteiger partial charge in [-0.05, 0) is 48.8 Å². The molecule has 0 bridgehead atoms. The normalized spacial score (nSPS) is 13.7. The molecule has 0 saturated heterocycles. The van der Waals surface area contributed by atoms with Gasteiger partial charge in [0.25, 0.3) is 5.91 Å². The summed E-state index contributed by atoms with van der Waals surface area (Å²) >= 11 is 1.37. The van der Waals surface area contributed by atoms with Gasteiger partial charge in [-0.2, -0.15) is 0 Å². The Hall–Kier alpha value is -2.21. The van der Waals surface area contributed by atoms with Crippen LogP contribution in [0.4, 0.5) is 5.00 Å². The standard InChI is InChI=1S/C16H16N2O3S/c1-2-21-16(20)13-12(10-3-4-10)9-22-15(13)18-14(19)11-5-7-17-8-6-11/h5-10H,2-4H2,1H3,(H,18,19). The molecule has 3 rings (SSSR count). The Labute approximate surface area is 132 Å². The summed E-state index contributed by atoms with van der Waals surface area (Å²) in [5, 5.41) is 5.33. The number of aromatic nitrogens is 1. The maximum Gasteiger partial charge on any atom is 0.341 e. The number of nitrogens with zero attached hydrogens (tertiary/aromatic N) is 1. The molecule has 2 heterocycles. The molecule has 1 saturated carbocycles. The van der Waals surface area contributed by atoms with Gasteiger partial charge in [0, 0.05) is 18.0 Å². The van der Waals surface area contributed by atoms with Crippen molar-refractivity contribution in [3.05, 3.63) is 46.6 Å². The number of esters is 1. The van der Waals surface area contributed by atoms with Gasteiger partial charge in [-0.15, -0.1) is 11.3 Å². The minimum Gasteiger partial charge on any atom is -0.462 e. The summed E-state index contributed by atoms with van der Waals surface area (Å²) in [5.74, 6) is -0.199. The van der Waals surface area contributed by atoms with Crippen LogP contribution in [0.1, 0.15) is 52.0 Å². The van der Waals surface area contributed by atoms with E-state index in [2.05, 4.69) is 10.3 Å². The highest BCUT2D eigenvalue weighted by Gasteiger charge is 2.32. The predicted molar refractivity (Wildman–Crippen MR) is 84.4 cm³/mol. The van der Waals surface area contributed by atoms with Gasteiger partial charge in [-0.1, -0.05) is 0 Å². The molecule has 6 heteroatoms. The van der Waals surface area contributed by atoms with Crippen LogP contribution >= 0.6 is 11.3 Å². The van der Waals surface area contributed by atoms with E-state index in [9.17, 15) is 9.59 Å². The molecule has 1 amide bonds. The van der Waals surface area contributed by atoms with Crippen LogP contribution in [0.3, 0.4) is 0 Å². The topological polar surface area (TPSA) is 68.3 Å². The van der Waals surface area contributed by atoms with Crippen molar-refractivity contribution >= 4 is 28.2 Å². The molecule has 1 N–H and O–H groups in total. The lowest BCUT2D eigenvalue weighted by molar-refractivity contribution is 0.0527. The van der Waals surface area contributed by atoms with Crippen molar-refractivity contribution < 1.29 is 14.3 Å². The Bertz CT molecular complexity index is 693. The zero-order valence-corrected chi connectivity index (χ0v) is 13.0. The van der Waals surface area contributed by atoms with Crippen LogP contribution in [-0.4, -0.2) is 23.5 Å². The molecule has 0 unspecified atom stereocenters. The molecule has 0 atom stereocenters. The molecule has 22 heavy (non-hydrogen) atoms. The third-order valence-electron chi connectivity index (χ3n) is 3.49. The summed E-state index contributed by atoms with van der Waals surface area (Å²) in [4.78, 5) is 28.4. The lowest BCUT2D eigenvalue weighted by Gasteiger charge is -2.08. The highest BCUT2D eigenvalue weighted by molar-refractivity contribution is 7.15. The molecule has 114 valence electrons. The van der Waals surface area contributed by atoms with Crippen LogP contribution in [0.5, 0.6) is 0 Å². The molecule has 0 spiro atoms. The number of hydrogen-bond donors (Lipinski definition) is 1. The highest BCUT2D eigenvalue weighted by atomic mass is 32.1. The van der Waals surface area contributed by atoms with E-state index < -0.39 is 0 Å². The fourth-order valence-electron chi connectivity index (χ4n) is 2.25. The van der Waals surface area contributed by atoms with E-state index in [1.807, 2.05) is 5.38 Å². The smallest absolute Gasteiger partial charge is 0.341 e. The SMILES string of the molecule is CCOC(=O)c1c(C2CC2)csc1NC(=O)c1ccncc1. The maximum absolute atomic E-state index is 12.3. The summed E-state index contributed by atoms with van der Waals surface area (Å²) in [6, 6.07) is 3.27. The third kappa shape index (κ3) is 3.01. The number of anilines is 1. The number of amides is 1. The van der Waals surface area contributed by atoms with Crippen molar-refractivity contribution in [3.8, 4) is 0 Å². The second-order valence-electron chi connectivity index (χ2n) is 5.08. The number of thiophene rings is 1. The summed E-state index contributed by atoms with van der Waals surface area (Å²) in [7, 11) is 0. The molecule has 0 radical (unpaired) electrons. The van der Waals surface area contributed by atoms with Crippen LogP contribution < -0.4 is 5.32 Å². The molecule has 2 aromatic rings. The number of carbonyl (C=O) groups excluding carboxylic acids is 2. The summed E-state index contributed by atoms with van der Waals surface area (Å²) < 4.78 is 5.14. The van der Waals surface area contributed by atoms with Crippen LogP contribution in [0, 0.1) is 0 Å². The van der Waals surface area contributed by atoms with Gasteiger partial charge in [0.1, 0.15) is 5.00 Å². The lowest BCUT2D eigenvalue weighted by atomic mass is 10.1. The van der Waals surface area contributed by atoms with E-state index in [0.717, 1.165) is 18.4 Å². The zero-order valence-electron chi connectivity index (χ0n) is 12.2. The fourth-order valence-corrected chi connectivity index (χ4v) is 3.28. The first-order valence-electron chi connectivity index (χ1n) is 7.20. The molecular weight excluding hydrogens is 300 g/mol. The van der Waals surface area contributed by atoms with Gasteiger partial charge in [0.2, 0.25) is 0 Å². The number of carbonyl (C=O) groups is 2. The predicted octanol–water partition coefficient (Wildman–Crippen LogP) is 3.45. The maximum atomic E-state index is 12.3. The molecule has 1 aliphatic carbocycles. The average Bonchev–Trinajstić information content (AvgIpc) is 3.29. The summed E-state index contributed by atoms with van der Waals surface area (Å²) in [6.45, 7) is 2.09. The summed E-state index contributed by atoms with van der Waals surface area (Å²) in [5.41, 5.74) is 2.01. The van der Waals surface area contributed by atoms with Crippen molar-refractivity contribution in [2.24, 2.45) is 0 Å². The van der Waals surface area contributed by atoms with Gasteiger partial charge < -0.3 is 10.1 Å². The highest BCUT2D eigenvalue weighted by Crippen LogP contribution is 2.46. The van der Waals surface area contributed by atoms with Crippen molar-refractivity contribution in [2.75, 3.05) is 11.9 Å². The molecule has 5 nitrogen and oxygen atoms in total. The zero-order chi connectivity index (χ0) is 15.5. The van der Waals surface area contributed by atoms with Crippen LogP contribution in [0.25, 0.3) is 0 Å². The average molecular weight is 316 g/mol. The van der Waals surface area contributed by atoms with Gasteiger partial charge in [-0.3, -0.25) is 9.78 Å². The molecule has 0 aromatic carbocycles. The minimum atomic E-state index is -0.365. The van der Waals surface area contributed by atoms with Crippen molar-refractivity contribution in [3.63, 3.8) is 0 Å². The Morgan fingerprint density at radius 1 is 1.36 bits per heavy atom.